The van der Waals surface area contributed by atoms with E-state index in [-0.39, 0.29) is 5.41 Å². The Kier molecular flexibility index (Phi) is 4.75. The van der Waals surface area contributed by atoms with Crippen LogP contribution >= 0.6 is 0 Å². The fourth-order valence-corrected chi connectivity index (χ4v) is 2.76. The van der Waals surface area contributed by atoms with Gasteiger partial charge >= 0.3 is 0 Å². The first-order valence-corrected chi connectivity index (χ1v) is 8.57. The van der Waals surface area contributed by atoms with Crippen molar-refractivity contribution in [2.24, 2.45) is 11.3 Å². The van der Waals surface area contributed by atoms with Crippen molar-refractivity contribution in [2.45, 2.75) is 73.1 Å². The van der Waals surface area contributed by atoms with Gasteiger partial charge in [0.1, 0.15) is 11.3 Å². The van der Waals surface area contributed by atoms with Gasteiger partial charge < -0.3 is 4.42 Å². The van der Waals surface area contributed by atoms with Crippen molar-refractivity contribution in [3.05, 3.63) is 35.6 Å². The normalized spacial score (nSPS) is 14.5. The van der Waals surface area contributed by atoms with E-state index in [0.717, 1.165) is 17.8 Å². The molecule has 0 spiro atoms. The lowest BCUT2D eigenvalue weighted by atomic mass is 9.85. The predicted molar refractivity (Wildman–Crippen MR) is 96.5 cm³/mol. The minimum Gasteiger partial charge on any atom is -0.461 e. The second kappa shape index (κ2) is 6.10. The summed E-state index contributed by atoms with van der Waals surface area (Å²) >= 11 is 0. The molecule has 2 aromatic rings. The molecule has 0 amide bonds. The van der Waals surface area contributed by atoms with E-state index in [9.17, 15) is 0 Å². The van der Waals surface area contributed by atoms with E-state index in [4.69, 9.17) is 4.42 Å². The third-order valence-electron chi connectivity index (χ3n) is 4.29. The van der Waals surface area contributed by atoms with E-state index in [0.29, 0.717) is 11.3 Å². The lowest BCUT2D eigenvalue weighted by molar-refractivity contribution is 0.329. The third-order valence-corrected chi connectivity index (χ3v) is 4.29. The van der Waals surface area contributed by atoms with Gasteiger partial charge in [0.15, 0.2) is 0 Å². The van der Waals surface area contributed by atoms with Gasteiger partial charge in [-0.25, -0.2) is 0 Å². The second-order valence-electron chi connectivity index (χ2n) is 9.14. The average molecular weight is 300 g/mol. The van der Waals surface area contributed by atoms with Crippen LogP contribution in [0, 0.1) is 11.3 Å². The van der Waals surface area contributed by atoms with Crippen LogP contribution in [0.15, 0.2) is 28.7 Å². The first kappa shape index (κ1) is 17.1. The Balaban J connectivity index is 2.09. The molecule has 22 heavy (non-hydrogen) atoms. The first-order valence-electron chi connectivity index (χ1n) is 8.57. The van der Waals surface area contributed by atoms with Crippen LogP contribution in [0.1, 0.15) is 72.6 Å². The molecule has 0 N–H and O–H groups in total. The van der Waals surface area contributed by atoms with Crippen molar-refractivity contribution in [1.29, 1.82) is 0 Å². The molecule has 0 aliphatic carbocycles. The second-order valence-corrected chi connectivity index (χ2v) is 9.14. The molecule has 0 saturated heterocycles. The van der Waals surface area contributed by atoms with E-state index in [1.807, 2.05) is 0 Å². The van der Waals surface area contributed by atoms with Crippen molar-refractivity contribution in [3.63, 3.8) is 0 Å². The molecule has 1 unspecified atom stereocenters. The zero-order valence-corrected chi connectivity index (χ0v) is 15.4. The van der Waals surface area contributed by atoms with Crippen LogP contribution in [0.25, 0.3) is 11.0 Å². The molecule has 0 aliphatic rings. The van der Waals surface area contributed by atoms with Gasteiger partial charge in [-0.15, -0.1) is 0 Å². The largest absolute Gasteiger partial charge is 0.461 e. The van der Waals surface area contributed by atoms with Gasteiger partial charge in [0.05, 0.1) is 0 Å². The van der Waals surface area contributed by atoms with E-state index in [1.54, 1.807) is 0 Å². The highest BCUT2D eigenvalue weighted by Crippen LogP contribution is 2.30. The lowest BCUT2D eigenvalue weighted by Gasteiger charge is -2.20. The van der Waals surface area contributed by atoms with Crippen molar-refractivity contribution < 1.29 is 4.42 Å². The molecular weight excluding hydrogens is 268 g/mol. The predicted octanol–water partition coefficient (Wildman–Crippen LogP) is 6.74. The summed E-state index contributed by atoms with van der Waals surface area (Å²) in [5.74, 6) is 1.79. The summed E-state index contributed by atoms with van der Waals surface area (Å²) in [7, 11) is 0. The first-order chi connectivity index (χ1) is 10.0. The maximum absolute atomic E-state index is 6.07. The lowest BCUT2D eigenvalue weighted by Crippen LogP contribution is -2.09. The number of fused-ring (bicyclic) bond motifs is 1. The van der Waals surface area contributed by atoms with Gasteiger partial charge in [-0.3, -0.25) is 0 Å². The van der Waals surface area contributed by atoms with Crippen LogP contribution < -0.4 is 0 Å². The smallest absolute Gasteiger partial charge is 0.134 e. The van der Waals surface area contributed by atoms with Crippen LogP contribution in [0.5, 0.6) is 0 Å². The third kappa shape index (κ3) is 4.63. The van der Waals surface area contributed by atoms with Crippen LogP contribution in [-0.2, 0) is 11.8 Å². The van der Waals surface area contributed by atoms with E-state index in [1.165, 1.54) is 23.8 Å². The number of hydrogen-bond donors (Lipinski definition) is 0. The standard InChI is InChI=1S/C21H32O/c1-15(10-11-20(2,3)4)12-16-8-9-17-14-19(21(5,6)7)22-18(17)13-16/h8-9,13-15H,10-12H2,1-7H3. The molecule has 0 bridgehead atoms. The Morgan fingerprint density at radius 3 is 2.27 bits per heavy atom. The Morgan fingerprint density at radius 2 is 1.68 bits per heavy atom. The van der Waals surface area contributed by atoms with Gasteiger partial charge in [0, 0.05) is 10.8 Å². The van der Waals surface area contributed by atoms with Crippen molar-refractivity contribution in [1.82, 2.24) is 0 Å². The summed E-state index contributed by atoms with van der Waals surface area (Å²) in [6.07, 6.45) is 3.70. The topological polar surface area (TPSA) is 13.1 Å². The van der Waals surface area contributed by atoms with Gasteiger partial charge in [-0.2, -0.15) is 0 Å². The van der Waals surface area contributed by atoms with Gasteiger partial charge in [-0.05, 0) is 48.3 Å². The van der Waals surface area contributed by atoms with Crippen LogP contribution in [0.4, 0.5) is 0 Å². The molecule has 1 aromatic heterocycles. The maximum atomic E-state index is 6.07. The van der Waals surface area contributed by atoms with Crippen molar-refractivity contribution >= 4 is 11.0 Å². The molecule has 0 aliphatic heterocycles. The Labute approximate surface area is 136 Å². The molecule has 0 saturated carbocycles. The van der Waals surface area contributed by atoms with Crippen molar-refractivity contribution in [3.8, 4) is 0 Å². The Hall–Kier alpha value is -1.24. The minimum atomic E-state index is 0.0686. The Morgan fingerprint density at radius 1 is 1.00 bits per heavy atom. The minimum absolute atomic E-state index is 0.0686. The Bertz CT molecular complexity index is 619. The molecule has 1 atom stereocenters. The van der Waals surface area contributed by atoms with Crippen molar-refractivity contribution in [2.75, 3.05) is 0 Å². The number of rotatable bonds is 4. The van der Waals surface area contributed by atoms with Gasteiger partial charge in [0.2, 0.25) is 0 Å². The molecular formula is C21H32O. The SMILES string of the molecule is CC(CCC(C)(C)C)Cc1ccc2cc(C(C)(C)C)oc2c1. The number of furan rings is 1. The van der Waals surface area contributed by atoms with E-state index in [2.05, 4.69) is 72.7 Å². The molecule has 1 heteroatoms. The fraction of sp³-hybridized carbons (Fsp3) is 0.619. The monoisotopic (exact) mass is 300 g/mol. The summed E-state index contributed by atoms with van der Waals surface area (Å²) in [6.45, 7) is 15.9. The van der Waals surface area contributed by atoms with Gasteiger partial charge in [0.25, 0.3) is 0 Å². The zero-order chi connectivity index (χ0) is 16.5. The summed E-state index contributed by atoms with van der Waals surface area (Å²) < 4.78 is 6.07. The molecule has 1 heterocycles. The molecule has 122 valence electrons. The highest BCUT2D eigenvalue weighted by Gasteiger charge is 2.19. The summed E-state index contributed by atoms with van der Waals surface area (Å²) in [5.41, 5.74) is 2.93. The summed E-state index contributed by atoms with van der Waals surface area (Å²) in [6, 6.07) is 8.89. The number of benzene rings is 1. The highest BCUT2D eigenvalue weighted by atomic mass is 16.3. The summed E-state index contributed by atoms with van der Waals surface area (Å²) in [5, 5.41) is 1.22. The van der Waals surface area contributed by atoms with E-state index < -0.39 is 0 Å². The van der Waals surface area contributed by atoms with E-state index >= 15 is 0 Å². The van der Waals surface area contributed by atoms with Crippen LogP contribution in [0.2, 0.25) is 0 Å². The van der Waals surface area contributed by atoms with Crippen LogP contribution in [0.3, 0.4) is 0 Å². The molecule has 1 aromatic carbocycles. The highest BCUT2D eigenvalue weighted by molar-refractivity contribution is 5.78. The summed E-state index contributed by atoms with van der Waals surface area (Å²) in [4.78, 5) is 0. The number of hydrogen-bond acceptors (Lipinski definition) is 1. The molecule has 2 rings (SSSR count). The van der Waals surface area contributed by atoms with Gasteiger partial charge in [-0.1, -0.05) is 60.6 Å². The molecule has 1 nitrogen and oxygen atoms in total. The fourth-order valence-electron chi connectivity index (χ4n) is 2.76. The zero-order valence-electron chi connectivity index (χ0n) is 15.4. The quantitative estimate of drug-likeness (QED) is 0.609. The average Bonchev–Trinajstić information content (AvgIpc) is 2.78. The molecule has 0 fully saturated rings. The maximum Gasteiger partial charge on any atom is 0.134 e. The van der Waals surface area contributed by atoms with Crippen LogP contribution in [-0.4, -0.2) is 0 Å². The molecule has 0 radical (unpaired) electrons.